The van der Waals surface area contributed by atoms with Gasteiger partial charge in [-0.2, -0.15) is 0 Å². The number of carbonyl (C=O) groups is 2. The summed E-state index contributed by atoms with van der Waals surface area (Å²) in [4.78, 5) is 31.1. The molecule has 122 valence electrons. The van der Waals surface area contributed by atoms with Gasteiger partial charge in [-0.1, -0.05) is 6.07 Å². The summed E-state index contributed by atoms with van der Waals surface area (Å²) in [6, 6.07) is 3.59. The van der Waals surface area contributed by atoms with E-state index in [-0.39, 0.29) is 12.5 Å². The molecule has 7 heteroatoms. The van der Waals surface area contributed by atoms with Crippen LogP contribution in [-0.4, -0.2) is 36.1 Å². The Labute approximate surface area is 134 Å². The molecule has 0 spiro atoms. The van der Waals surface area contributed by atoms with Crippen LogP contribution < -0.4 is 10.1 Å². The van der Waals surface area contributed by atoms with E-state index in [1.54, 1.807) is 26.1 Å². The fraction of sp³-hybridized carbons (Fsp3) is 0.312. The number of ether oxygens (including phenoxy) is 2. The predicted octanol–water partition coefficient (Wildman–Crippen LogP) is 1.75. The third-order valence-corrected chi connectivity index (χ3v) is 3.54. The molecule has 2 aromatic rings. The first kappa shape index (κ1) is 16.5. The van der Waals surface area contributed by atoms with Crippen molar-refractivity contribution >= 4 is 11.9 Å². The predicted molar refractivity (Wildman–Crippen MR) is 83.6 cm³/mol. The molecule has 0 fully saturated rings. The number of aryl methyl sites for hydroxylation is 1. The van der Waals surface area contributed by atoms with E-state index in [2.05, 4.69) is 15.3 Å². The highest BCUT2D eigenvalue weighted by Gasteiger charge is 2.22. The number of amides is 1. The average Bonchev–Trinajstić information content (AvgIpc) is 2.86. The molecule has 2 heterocycles. The van der Waals surface area contributed by atoms with E-state index in [9.17, 15) is 9.59 Å². The molecule has 0 aliphatic rings. The highest BCUT2D eigenvalue weighted by molar-refractivity contribution is 6.00. The fourth-order valence-corrected chi connectivity index (χ4v) is 2.39. The third kappa shape index (κ3) is 3.33. The number of H-pyrrole nitrogens is 1. The van der Waals surface area contributed by atoms with Crippen molar-refractivity contribution in [3.8, 4) is 5.88 Å². The summed E-state index contributed by atoms with van der Waals surface area (Å²) in [6.45, 7) is 3.69. The van der Waals surface area contributed by atoms with Crippen LogP contribution in [0.1, 0.15) is 37.7 Å². The SMILES string of the molecule is COC(=O)c1c(C)[nH]c(C(=O)NCc2cccnc2OC)c1C. The van der Waals surface area contributed by atoms with Gasteiger partial charge in [-0.3, -0.25) is 4.79 Å². The van der Waals surface area contributed by atoms with Gasteiger partial charge in [-0.05, 0) is 25.5 Å². The van der Waals surface area contributed by atoms with Gasteiger partial charge in [0.2, 0.25) is 5.88 Å². The van der Waals surface area contributed by atoms with E-state index >= 15 is 0 Å². The van der Waals surface area contributed by atoms with Crippen LogP contribution in [0.5, 0.6) is 5.88 Å². The van der Waals surface area contributed by atoms with Crippen LogP contribution in [0.4, 0.5) is 0 Å². The van der Waals surface area contributed by atoms with Gasteiger partial charge in [0.1, 0.15) is 5.69 Å². The van der Waals surface area contributed by atoms with E-state index < -0.39 is 5.97 Å². The van der Waals surface area contributed by atoms with E-state index in [1.165, 1.54) is 14.2 Å². The van der Waals surface area contributed by atoms with Crippen molar-refractivity contribution < 1.29 is 19.1 Å². The number of methoxy groups -OCH3 is 2. The average molecular weight is 317 g/mol. The van der Waals surface area contributed by atoms with Gasteiger partial charge < -0.3 is 19.8 Å². The molecular formula is C16H19N3O4. The first-order valence-electron chi connectivity index (χ1n) is 7.03. The molecule has 0 aliphatic carbocycles. The van der Waals surface area contributed by atoms with E-state index in [0.29, 0.717) is 28.4 Å². The Morgan fingerprint density at radius 3 is 2.70 bits per heavy atom. The largest absolute Gasteiger partial charge is 0.481 e. The van der Waals surface area contributed by atoms with Crippen LogP contribution in [0.3, 0.4) is 0 Å². The normalized spacial score (nSPS) is 10.3. The summed E-state index contributed by atoms with van der Waals surface area (Å²) in [6.07, 6.45) is 1.62. The summed E-state index contributed by atoms with van der Waals surface area (Å²) >= 11 is 0. The second-order valence-corrected chi connectivity index (χ2v) is 4.97. The molecule has 2 N–H and O–H groups in total. The second kappa shape index (κ2) is 6.95. The van der Waals surface area contributed by atoms with Crippen LogP contribution in [-0.2, 0) is 11.3 Å². The molecule has 0 aliphatic heterocycles. The summed E-state index contributed by atoms with van der Waals surface area (Å²) < 4.78 is 9.88. The molecule has 0 saturated heterocycles. The van der Waals surface area contributed by atoms with Gasteiger partial charge in [-0.25, -0.2) is 9.78 Å². The summed E-state index contributed by atoms with van der Waals surface area (Å²) in [5, 5.41) is 2.79. The Balaban J connectivity index is 2.17. The van der Waals surface area contributed by atoms with E-state index in [4.69, 9.17) is 9.47 Å². The standard InChI is InChI=1S/C16H19N3O4/c1-9-12(16(21)23-4)10(2)19-13(9)14(20)18-8-11-6-5-7-17-15(11)22-3/h5-7,19H,8H2,1-4H3,(H,18,20). The zero-order valence-electron chi connectivity index (χ0n) is 13.5. The van der Waals surface area contributed by atoms with Crippen molar-refractivity contribution in [2.45, 2.75) is 20.4 Å². The highest BCUT2D eigenvalue weighted by atomic mass is 16.5. The lowest BCUT2D eigenvalue weighted by atomic mass is 10.1. The van der Waals surface area contributed by atoms with Crippen molar-refractivity contribution in [3.63, 3.8) is 0 Å². The molecule has 2 rings (SSSR count). The van der Waals surface area contributed by atoms with Crippen molar-refractivity contribution in [3.05, 3.63) is 46.4 Å². The summed E-state index contributed by atoms with van der Waals surface area (Å²) in [5.41, 5.74) is 2.64. The quantitative estimate of drug-likeness (QED) is 0.820. The third-order valence-electron chi connectivity index (χ3n) is 3.54. The van der Waals surface area contributed by atoms with Gasteiger partial charge in [0.25, 0.3) is 5.91 Å². The molecular weight excluding hydrogens is 298 g/mol. The zero-order valence-corrected chi connectivity index (χ0v) is 13.5. The minimum absolute atomic E-state index is 0.265. The number of aromatic amines is 1. The minimum Gasteiger partial charge on any atom is -0.481 e. The monoisotopic (exact) mass is 317 g/mol. The molecule has 0 aromatic carbocycles. The zero-order chi connectivity index (χ0) is 17.0. The van der Waals surface area contributed by atoms with Gasteiger partial charge >= 0.3 is 5.97 Å². The number of aromatic nitrogens is 2. The van der Waals surface area contributed by atoms with Crippen molar-refractivity contribution in [1.82, 2.24) is 15.3 Å². The molecule has 2 aromatic heterocycles. The van der Waals surface area contributed by atoms with Gasteiger partial charge in [0.15, 0.2) is 0 Å². The number of nitrogens with one attached hydrogen (secondary N) is 2. The van der Waals surface area contributed by atoms with Crippen LogP contribution in [0, 0.1) is 13.8 Å². The van der Waals surface area contributed by atoms with Gasteiger partial charge in [0.05, 0.1) is 19.8 Å². The Morgan fingerprint density at radius 2 is 2.04 bits per heavy atom. The molecule has 23 heavy (non-hydrogen) atoms. The number of esters is 1. The Bertz CT molecular complexity index is 737. The maximum Gasteiger partial charge on any atom is 0.339 e. The first-order chi connectivity index (χ1) is 11.0. The number of rotatable bonds is 5. The van der Waals surface area contributed by atoms with Crippen molar-refractivity contribution in [1.29, 1.82) is 0 Å². The number of carbonyl (C=O) groups excluding carboxylic acids is 2. The number of hydrogen-bond acceptors (Lipinski definition) is 5. The van der Waals surface area contributed by atoms with Gasteiger partial charge in [0, 0.05) is 24.0 Å². The molecule has 0 saturated carbocycles. The van der Waals surface area contributed by atoms with Crippen LogP contribution in [0.25, 0.3) is 0 Å². The molecule has 0 unspecified atom stereocenters. The Kier molecular flexibility index (Phi) is 5.00. The lowest BCUT2D eigenvalue weighted by Gasteiger charge is -2.08. The highest BCUT2D eigenvalue weighted by Crippen LogP contribution is 2.19. The number of nitrogens with zero attached hydrogens (tertiary/aromatic N) is 1. The van der Waals surface area contributed by atoms with Crippen molar-refractivity contribution in [2.24, 2.45) is 0 Å². The van der Waals surface area contributed by atoms with Crippen LogP contribution in [0.15, 0.2) is 18.3 Å². The van der Waals surface area contributed by atoms with E-state index in [1.807, 2.05) is 6.07 Å². The summed E-state index contributed by atoms with van der Waals surface area (Å²) in [7, 11) is 2.83. The van der Waals surface area contributed by atoms with E-state index in [0.717, 1.165) is 5.56 Å². The fourth-order valence-electron chi connectivity index (χ4n) is 2.39. The van der Waals surface area contributed by atoms with Crippen LogP contribution >= 0.6 is 0 Å². The smallest absolute Gasteiger partial charge is 0.339 e. The Hall–Kier alpha value is -2.83. The maximum atomic E-state index is 12.4. The second-order valence-electron chi connectivity index (χ2n) is 4.97. The topological polar surface area (TPSA) is 93.3 Å². The van der Waals surface area contributed by atoms with Crippen LogP contribution in [0.2, 0.25) is 0 Å². The first-order valence-corrected chi connectivity index (χ1v) is 7.03. The Morgan fingerprint density at radius 1 is 1.30 bits per heavy atom. The lowest BCUT2D eigenvalue weighted by Crippen LogP contribution is -2.24. The van der Waals surface area contributed by atoms with Crippen molar-refractivity contribution in [2.75, 3.05) is 14.2 Å². The number of pyridine rings is 1. The molecule has 0 radical (unpaired) electrons. The molecule has 7 nitrogen and oxygen atoms in total. The van der Waals surface area contributed by atoms with Gasteiger partial charge in [-0.15, -0.1) is 0 Å². The number of hydrogen-bond donors (Lipinski definition) is 2. The minimum atomic E-state index is -0.468. The summed E-state index contributed by atoms with van der Waals surface area (Å²) in [5.74, 6) is -0.321. The molecule has 0 atom stereocenters. The molecule has 0 bridgehead atoms. The lowest BCUT2D eigenvalue weighted by molar-refractivity contribution is 0.0599. The molecule has 1 amide bonds. The maximum absolute atomic E-state index is 12.4.